The van der Waals surface area contributed by atoms with Gasteiger partial charge >= 0.3 is 10.1 Å². The second kappa shape index (κ2) is 5.37. The van der Waals surface area contributed by atoms with E-state index in [1.807, 2.05) is 13.8 Å². The molecule has 0 aliphatic heterocycles. The van der Waals surface area contributed by atoms with Crippen LogP contribution in [0, 0.1) is 6.92 Å². The number of thiophene rings is 1. The van der Waals surface area contributed by atoms with Crippen molar-refractivity contribution in [1.82, 2.24) is 0 Å². The highest BCUT2D eigenvalue weighted by molar-refractivity contribution is 7.89. The van der Waals surface area contributed by atoms with Crippen LogP contribution < -0.4 is 4.18 Å². The topological polar surface area (TPSA) is 60.4 Å². The molecule has 3 rings (SSSR count). The average Bonchev–Trinajstić information content (AvgIpc) is 2.98. The number of aryl methyl sites for hydroxylation is 1. The molecule has 0 fully saturated rings. The summed E-state index contributed by atoms with van der Waals surface area (Å²) in [5.41, 5.74) is 2.23. The van der Waals surface area contributed by atoms with E-state index < -0.39 is 10.1 Å². The van der Waals surface area contributed by atoms with Crippen molar-refractivity contribution in [2.45, 2.75) is 30.4 Å². The first-order valence-corrected chi connectivity index (χ1v) is 9.26. The van der Waals surface area contributed by atoms with Crippen LogP contribution in [0.3, 0.4) is 0 Å². The molecule has 2 aromatic rings. The van der Waals surface area contributed by atoms with E-state index in [0.717, 1.165) is 22.5 Å². The van der Waals surface area contributed by atoms with Gasteiger partial charge in [0.1, 0.15) is 0 Å². The van der Waals surface area contributed by atoms with E-state index in [0.29, 0.717) is 16.3 Å². The van der Waals surface area contributed by atoms with Gasteiger partial charge in [0.15, 0.2) is 15.7 Å². The smallest absolute Gasteiger partial charge is 0.348 e. The van der Waals surface area contributed by atoms with E-state index in [-0.39, 0.29) is 21.7 Å². The zero-order valence-corrected chi connectivity index (χ0v) is 14.3. The van der Waals surface area contributed by atoms with Crippen molar-refractivity contribution < 1.29 is 17.4 Å². The van der Waals surface area contributed by atoms with E-state index in [2.05, 4.69) is 0 Å². The quantitative estimate of drug-likeness (QED) is 0.774. The number of benzene rings is 1. The van der Waals surface area contributed by atoms with Crippen molar-refractivity contribution in [3.63, 3.8) is 0 Å². The SMILES string of the molecule is Cc1ccc(OS(=O)(=O)c2ccc(Cl)s2)c2c1C(C)CC2=O. The molecule has 0 bridgehead atoms. The summed E-state index contributed by atoms with van der Waals surface area (Å²) in [7, 11) is -3.99. The lowest BCUT2D eigenvalue weighted by molar-refractivity contribution is 0.0989. The maximum absolute atomic E-state index is 12.3. The lowest BCUT2D eigenvalue weighted by atomic mass is 9.98. The molecule has 1 aromatic carbocycles. The summed E-state index contributed by atoms with van der Waals surface area (Å²) in [5.74, 6) is 0.0880. The Morgan fingerprint density at radius 3 is 2.64 bits per heavy atom. The van der Waals surface area contributed by atoms with E-state index in [1.165, 1.54) is 18.2 Å². The lowest BCUT2D eigenvalue weighted by Gasteiger charge is -2.12. The molecular weight excluding hydrogens is 344 g/mol. The number of carbonyl (C=O) groups excluding carboxylic acids is 1. The van der Waals surface area contributed by atoms with Crippen LogP contribution in [0.25, 0.3) is 0 Å². The normalized spacial score (nSPS) is 17.6. The highest BCUT2D eigenvalue weighted by Gasteiger charge is 2.33. The van der Waals surface area contributed by atoms with Crippen LogP contribution in [-0.2, 0) is 10.1 Å². The fourth-order valence-corrected chi connectivity index (χ4v) is 5.16. The molecule has 116 valence electrons. The molecule has 0 N–H and O–H groups in total. The van der Waals surface area contributed by atoms with Gasteiger partial charge in [0.2, 0.25) is 0 Å². The maximum atomic E-state index is 12.3. The summed E-state index contributed by atoms with van der Waals surface area (Å²) >= 11 is 6.69. The van der Waals surface area contributed by atoms with Crippen LogP contribution in [0.1, 0.15) is 40.7 Å². The summed E-state index contributed by atoms with van der Waals surface area (Å²) in [6.45, 7) is 3.86. The molecule has 0 spiro atoms. The van der Waals surface area contributed by atoms with E-state index in [1.54, 1.807) is 6.07 Å². The molecule has 1 aromatic heterocycles. The Hall–Kier alpha value is -1.37. The molecule has 1 heterocycles. The second-order valence-corrected chi connectivity index (χ2v) is 8.78. The molecule has 1 unspecified atom stereocenters. The summed E-state index contributed by atoms with van der Waals surface area (Å²) in [6, 6.07) is 6.20. The minimum atomic E-state index is -3.99. The molecule has 0 amide bonds. The average molecular weight is 357 g/mol. The van der Waals surface area contributed by atoms with Crippen molar-refractivity contribution in [3.05, 3.63) is 45.3 Å². The van der Waals surface area contributed by atoms with Gasteiger partial charge in [-0.3, -0.25) is 4.79 Å². The van der Waals surface area contributed by atoms with Crippen molar-refractivity contribution in [2.75, 3.05) is 0 Å². The summed E-state index contributed by atoms with van der Waals surface area (Å²) in [6.07, 6.45) is 0.376. The molecule has 7 heteroatoms. The number of ketones is 1. The summed E-state index contributed by atoms with van der Waals surface area (Å²) in [4.78, 5) is 12.2. The third-order valence-electron chi connectivity index (χ3n) is 3.68. The molecule has 0 radical (unpaired) electrons. The van der Waals surface area contributed by atoms with Gasteiger partial charge in [-0.15, -0.1) is 11.3 Å². The molecule has 1 aliphatic rings. The van der Waals surface area contributed by atoms with Gasteiger partial charge in [-0.1, -0.05) is 24.6 Å². The Labute approximate surface area is 137 Å². The zero-order valence-electron chi connectivity index (χ0n) is 11.9. The van der Waals surface area contributed by atoms with Gasteiger partial charge in [-0.25, -0.2) is 0 Å². The fraction of sp³-hybridized carbons (Fsp3) is 0.267. The molecule has 22 heavy (non-hydrogen) atoms. The van der Waals surface area contributed by atoms with Crippen LogP contribution in [0.5, 0.6) is 5.75 Å². The highest BCUT2D eigenvalue weighted by atomic mass is 35.5. The van der Waals surface area contributed by atoms with Crippen LogP contribution >= 0.6 is 22.9 Å². The monoisotopic (exact) mass is 356 g/mol. The lowest BCUT2D eigenvalue weighted by Crippen LogP contribution is -2.11. The Morgan fingerprint density at radius 2 is 2.00 bits per heavy atom. The van der Waals surface area contributed by atoms with Gasteiger partial charge in [-0.2, -0.15) is 8.42 Å². The molecule has 1 aliphatic carbocycles. The number of carbonyl (C=O) groups is 1. The number of rotatable bonds is 3. The largest absolute Gasteiger partial charge is 0.378 e. The maximum Gasteiger partial charge on any atom is 0.348 e. The first-order valence-electron chi connectivity index (χ1n) is 6.66. The number of hydrogen-bond acceptors (Lipinski definition) is 5. The molecule has 0 saturated heterocycles. The first-order chi connectivity index (χ1) is 10.3. The minimum Gasteiger partial charge on any atom is -0.378 e. The van der Waals surface area contributed by atoms with Crippen molar-refractivity contribution in [3.8, 4) is 5.75 Å². The third kappa shape index (κ3) is 2.55. The van der Waals surface area contributed by atoms with E-state index in [9.17, 15) is 13.2 Å². The van der Waals surface area contributed by atoms with Crippen molar-refractivity contribution >= 4 is 38.8 Å². The second-order valence-electron chi connectivity index (χ2n) is 5.29. The predicted octanol–water partition coefficient (Wildman–Crippen LogP) is 4.17. The van der Waals surface area contributed by atoms with Crippen LogP contribution in [-0.4, -0.2) is 14.2 Å². The number of hydrogen-bond donors (Lipinski definition) is 0. The number of halogens is 1. The Morgan fingerprint density at radius 1 is 1.27 bits per heavy atom. The van der Waals surface area contributed by atoms with E-state index in [4.69, 9.17) is 15.8 Å². The van der Waals surface area contributed by atoms with Crippen LogP contribution in [0.15, 0.2) is 28.5 Å². The fourth-order valence-electron chi connectivity index (χ4n) is 2.77. The van der Waals surface area contributed by atoms with Gasteiger partial charge in [-0.05, 0) is 42.2 Å². The van der Waals surface area contributed by atoms with Crippen LogP contribution in [0.2, 0.25) is 4.34 Å². The predicted molar refractivity (Wildman–Crippen MR) is 85.7 cm³/mol. The first kappa shape index (κ1) is 15.5. The van der Waals surface area contributed by atoms with Crippen molar-refractivity contribution in [2.24, 2.45) is 0 Å². The zero-order chi connectivity index (χ0) is 16.1. The van der Waals surface area contributed by atoms with Gasteiger partial charge < -0.3 is 4.18 Å². The Bertz CT molecular complexity index is 868. The summed E-state index contributed by atoms with van der Waals surface area (Å²) in [5, 5.41) is 0. The number of fused-ring (bicyclic) bond motifs is 1. The third-order valence-corrected chi connectivity index (χ3v) is 6.60. The van der Waals surface area contributed by atoms with E-state index >= 15 is 0 Å². The minimum absolute atomic E-state index is 0.0188. The standard InChI is InChI=1S/C15H13ClO4S2/c1-8-3-4-11(15-10(17)7-9(2)14(8)15)20-22(18,19)13-6-5-12(16)21-13/h3-6,9H,7H2,1-2H3. The van der Waals surface area contributed by atoms with Gasteiger partial charge in [0.05, 0.1) is 9.90 Å². The van der Waals surface area contributed by atoms with Crippen molar-refractivity contribution in [1.29, 1.82) is 0 Å². The van der Waals surface area contributed by atoms with Gasteiger partial charge in [0.25, 0.3) is 0 Å². The highest BCUT2D eigenvalue weighted by Crippen LogP contribution is 2.41. The molecular formula is C15H13ClO4S2. The molecule has 1 atom stereocenters. The van der Waals surface area contributed by atoms with Crippen LogP contribution in [0.4, 0.5) is 0 Å². The Kier molecular flexibility index (Phi) is 3.79. The number of Topliss-reactive ketones (excluding diaryl/α,β-unsaturated/α-hetero) is 1. The molecule has 4 nitrogen and oxygen atoms in total. The summed E-state index contributed by atoms with van der Waals surface area (Å²) < 4.78 is 30.2. The molecule has 0 saturated carbocycles. The van der Waals surface area contributed by atoms with Gasteiger partial charge in [0, 0.05) is 6.42 Å². The Balaban J connectivity index is 2.06.